The Hall–Kier alpha value is -1.84. The van der Waals surface area contributed by atoms with E-state index in [-0.39, 0.29) is 5.82 Å². The molecule has 3 nitrogen and oxygen atoms in total. The third-order valence-corrected chi connectivity index (χ3v) is 2.71. The molecule has 2 heterocycles. The quantitative estimate of drug-likeness (QED) is 0.735. The highest BCUT2D eigenvalue weighted by atomic mass is 19.1. The molecule has 1 aliphatic heterocycles. The SMILES string of the molecule is Fc1ccccc1-c1cnn2c1OCCC2. The van der Waals surface area contributed by atoms with Gasteiger partial charge in [-0.1, -0.05) is 18.2 Å². The number of hydrogen-bond donors (Lipinski definition) is 0. The topological polar surface area (TPSA) is 27.1 Å². The van der Waals surface area contributed by atoms with Crippen molar-refractivity contribution in [2.24, 2.45) is 0 Å². The molecule has 0 aliphatic carbocycles. The zero-order valence-electron chi connectivity index (χ0n) is 8.69. The minimum atomic E-state index is -0.243. The summed E-state index contributed by atoms with van der Waals surface area (Å²) in [6.45, 7) is 1.51. The van der Waals surface area contributed by atoms with Gasteiger partial charge in [-0.05, 0) is 6.07 Å². The number of benzene rings is 1. The van der Waals surface area contributed by atoms with Crippen LogP contribution in [0.4, 0.5) is 4.39 Å². The van der Waals surface area contributed by atoms with Crippen LogP contribution in [-0.4, -0.2) is 16.4 Å². The average molecular weight is 218 g/mol. The van der Waals surface area contributed by atoms with Crippen LogP contribution in [0.25, 0.3) is 11.1 Å². The van der Waals surface area contributed by atoms with E-state index in [0.29, 0.717) is 18.1 Å². The summed E-state index contributed by atoms with van der Waals surface area (Å²) >= 11 is 0. The van der Waals surface area contributed by atoms with Gasteiger partial charge in [0, 0.05) is 18.5 Å². The minimum absolute atomic E-state index is 0.243. The molecule has 0 radical (unpaired) electrons. The lowest BCUT2D eigenvalue weighted by molar-refractivity contribution is 0.231. The van der Waals surface area contributed by atoms with Crippen molar-refractivity contribution in [2.75, 3.05) is 6.61 Å². The Morgan fingerprint density at radius 2 is 2.12 bits per heavy atom. The molecule has 4 heteroatoms. The molecule has 0 saturated heterocycles. The molecule has 0 saturated carbocycles. The molecule has 0 amide bonds. The predicted octanol–water partition coefficient (Wildman–Crippen LogP) is 2.47. The van der Waals surface area contributed by atoms with Gasteiger partial charge in [0.15, 0.2) is 0 Å². The van der Waals surface area contributed by atoms with Crippen LogP contribution >= 0.6 is 0 Å². The molecule has 0 unspecified atom stereocenters. The summed E-state index contributed by atoms with van der Waals surface area (Å²) in [5, 5.41) is 4.20. The van der Waals surface area contributed by atoms with Crippen LogP contribution in [0.2, 0.25) is 0 Å². The summed E-state index contributed by atoms with van der Waals surface area (Å²) in [6, 6.07) is 6.67. The number of aryl methyl sites for hydroxylation is 1. The zero-order valence-corrected chi connectivity index (χ0v) is 8.69. The number of nitrogens with zero attached hydrogens (tertiary/aromatic N) is 2. The lowest BCUT2D eigenvalue weighted by Crippen LogP contribution is -2.14. The molecule has 82 valence electrons. The van der Waals surface area contributed by atoms with Crippen LogP contribution in [0.5, 0.6) is 5.88 Å². The molecule has 0 atom stereocenters. The van der Waals surface area contributed by atoms with Crippen molar-refractivity contribution < 1.29 is 9.13 Å². The van der Waals surface area contributed by atoms with Gasteiger partial charge in [-0.2, -0.15) is 5.10 Å². The Labute approximate surface area is 92.5 Å². The van der Waals surface area contributed by atoms with Gasteiger partial charge in [0.05, 0.1) is 18.4 Å². The van der Waals surface area contributed by atoms with E-state index in [2.05, 4.69) is 5.10 Å². The van der Waals surface area contributed by atoms with Crippen molar-refractivity contribution in [3.63, 3.8) is 0 Å². The molecular weight excluding hydrogens is 207 g/mol. The Kier molecular flexibility index (Phi) is 2.13. The smallest absolute Gasteiger partial charge is 0.219 e. The lowest BCUT2D eigenvalue weighted by atomic mass is 10.1. The fraction of sp³-hybridized carbons (Fsp3) is 0.250. The molecule has 1 aliphatic rings. The Bertz CT molecular complexity index is 521. The highest BCUT2D eigenvalue weighted by molar-refractivity contribution is 5.68. The van der Waals surface area contributed by atoms with Crippen molar-refractivity contribution in [2.45, 2.75) is 13.0 Å². The normalized spacial score (nSPS) is 14.3. The number of fused-ring (bicyclic) bond motifs is 1. The number of rotatable bonds is 1. The molecule has 3 rings (SSSR count). The van der Waals surface area contributed by atoms with Crippen molar-refractivity contribution in [1.82, 2.24) is 9.78 Å². The Balaban J connectivity index is 2.13. The summed E-state index contributed by atoms with van der Waals surface area (Å²) in [7, 11) is 0. The van der Waals surface area contributed by atoms with Gasteiger partial charge < -0.3 is 4.74 Å². The third kappa shape index (κ3) is 1.38. The molecule has 0 fully saturated rings. The van der Waals surface area contributed by atoms with E-state index in [9.17, 15) is 4.39 Å². The second-order valence-electron chi connectivity index (χ2n) is 3.77. The van der Waals surface area contributed by atoms with Crippen molar-refractivity contribution >= 4 is 0 Å². The first-order chi connectivity index (χ1) is 7.86. The maximum Gasteiger partial charge on any atom is 0.219 e. The molecule has 2 aromatic rings. The fourth-order valence-corrected chi connectivity index (χ4v) is 1.93. The first-order valence-corrected chi connectivity index (χ1v) is 5.30. The highest BCUT2D eigenvalue weighted by Crippen LogP contribution is 2.33. The van der Waals surface area contributed by atoms with Gasteiger partial charge in [0.2, 0.25) is 5.88 Å². The van der Waals surface area contributed by atoms with Gasteiger partial charge in [0.1, 0.15) is 5.82 Å². The standard InChI is InChI=1S/C12H11FN2O/c13-11-5-2-1-4-9(11)10-8-14-15-6-3-7-16-12(10)15/h1-2,4-5,8H,3,6-7H2. The number of hydrogen-bond acceptors (Lipinski definition) is 2. The second-order valence-corrected chi connectivity index (χ2v) is 3.77. The molecule has 1 aromatic heterocycles. The summed E-state index contributed by atoms with van der Waals surface area (Å²) in [6.07, 6.45) is 2.62. The highest BCUT2D eigenvalue weighted by Gasteiger charge is 2.19. The molecule has 0 bridgehead atoms. The van der Waals surface area contributed by atoms with Gasteiger partial charge in [0.25, 0.3) is 0 Å². The van der Waals surface area contributed by atoms with Crippen LogP contribution in [0.3, 0.4) is 0 Å². The van der Waals surface area contributed by atoms with E-state index in [4.69, 9.17) is 4.74 Å². The Morgan fingerprint density at radius 1 is 1.25 bits per heavy atom. The number of ether oxygens (including phenoxy) is 1. The predicted molar refractivity (Wildman–Crippen MR) is 57.7 cm³/mol. The monoisotopic (exact) mass is 218 g/mol. The third-order valence-electron chi connectivity index (χ3n) is 2.71. The van der Waals surface area contributed by atoms with Crippen molar-refractivity contribution in [3.8, 4) is 17.0 Å². The fourth-order valence-electron chi connectivity index (χ4n) is 1.93. The number of aromatic nitrogens is 2. The van der Waals surface area contributed by atoms with E-state index in [1.165, 1.54) is 6.07 Å². The molecule has 0 spiro atoms. The van der Waals surface area contributed by atoms with Crippen LogP contribution < -0.4 is 4.74 Å². The first-order valence-electron chi connectivity index (χ1n) is 5.30. The molecule has 0 N–H and O–H groups in total. The van der Waals surface area contributed by atoms with Crippen molar-refractivity contribution in [1.29, 1.82) is 0 Å². The van der Waals surface area contributed by atoms with Gasteiger partial charge >= 0.3 is 0 Å². The zero-order chi connectivity index (χ0) is 11.0. The largest absolute Gasteiger partial charge is 0.477 e. The van der Waals surface area contributed by atoms with Crippen LogP contribution in [0.15, 0.2) is 30.5 Å². The summed E-state index contributed by atoms with van der Waals surface area (Å²) in [5.74, 6) is 0.434. The molecule has 1 aromatic carbocycles. The average Bonchev–Trinajstić information content (AvgIpc) is 2.74. The Morgan fingerprint density at radius 3 is 3.00 bits per heavy atom. The van der Waals surface area contributed by atoms with E-state index in [1.54, 1.807) is 23.0 Å². The molecular formula is C12H11FN2O. The van der Waals surface area contributed by atoms with E-state index >= 15 is 0 Å². The van der Waals surface area contributed by atoms with Gasteiger partial charge in [-0.25, -0.2) is 9.07 Å². The van der Waals surface area contributed by atoms with Crippen molar-refractivity contribution in [3.05, 3.63) is 36.3 Å². The van der Waals surface area contributed by atoms with E-state index in [0.717, 1.165) is 18.5 Å². The maximum absolute atomic E-state index is 13.6. The van der Waals surface area contributed by atoms with Gasteiger partial charge in [-0.15, -0.1) is 0 Å². The van der Waals surface area contributed by atoms with Gasteiger partial charge in [-0.3, -0.25) is 0 Å². The van der Waals surface area contributed by atoms with E-state index < -0.39 is 0 Å². The minimum Gasteiger partial charge on any atom is -0.477 e. The first kappa shape index (κ1) is 9.39. The maximum atomic E-state index is 13.6. The molecule has 16 heavy (non-hydrogen) atoms. The second kappa shape index (κ2) is 3.63. The summed E-state index contributed by atoms with van der Waals surface area (Å²) < 4.78 is 21.0. The lowest BCUT2D eigenvalue weighted by Gasteiger charge is -2.16. The van der Waals surface area contributed by atoms with Crippen LogP contribution in [0, 0.1) is 5.82 Å². The van der Waals surface area contributed by atoms with E-state index in [1.807, 2.05) is 6.07 Å². The van der Waals surface area contributed by atoms with Crippen LogP contribution in [-0.2, 0) is 6.54 Å². The van der Waals surface area contributed by atoms with Crippen LogP contribution in [0.1, 0.15) is 6.42 Å². The summed E-state index contributed by atoms with van der Waals surface area (Å²) in [5.41, 5.74) is 1.28. The number of halogens is 1. The summed E-state index contributed by atoms with van der Waals surface area (Å²) in [4.78, 5) is 0.